The summed E-state index contributed by atoms with van der Waals surface area (Å²) in [5, 5.41) is 2.43. The van der Waals surface area contributed by atoms with Crippen molar-refractivity contribution in [2.45, 2.75) is 33.1 Å². The number of carbonyl (C=O) groups is 1. The predicted octanol–water partition coefficient (Wildman–Crippen LogP) is 4.32. The monoisotopic (exact) mass is 410 g/mol. The van der Waals surface area contributed by atoms with E-state index in [9.17, 15) is 14.0 Å². The fourth-order valence-corrected chi connectivity index (χ4v) is 3.21. The molecule has 0 spiro atoms. The lowest BCUT2D eigenvalue weighted by Crippen LogP contribution is -2.46. The lowest BCUT2D eigenvalue weighted by atomic mass is 10.0. The minimum absolute atomic E-state index is 0.0442. The number of hydrogen-bond donors (Lipinski definition) is 1. The molecule has 0 radical (unpaired) electrons. The van der Waals surface area contributed by atoms with E-state index in [1.165, 1.54) is 4.68 Å². The summed E-state index contributed by atoms with van der Waals surface area (Å²) in [4.78, 5) is 29.6. The number of H-pyrrole nitrogens is 1. The smallest absolute Gasteiger partial charge is 0.267 e. The summed E-state index contributed by atoms with van der Waals surface area (Å²) in [6.45, 7) is 5.89. The standard InChI is InChI=1S/C18H17Cl2FN4O2/c1-4-9(2)15-16(10(3)5-6-22-15)24-18(27)25(23-24)17(26)11-7-14(21)13(20)8-12(11)19/h5-9,23H,4H2,1-3H3. The van der Waals surface area contributed by atoms with E-state index in [-0.39, 0.29) is 21.5 Å². The lowest BCUT2D eigenvalue weighted by Gasteiger charge is -2.21. The molecule has 2 heterocycles. The van der Waals surface area contributed by atoms with Crippen molar-refractivity contribution in [3.63, 3.8) is 0 Å². The van der Waals surface area contributed by atoms with Crippen molar-refractivity contribution in [2.24, 2.45) is 0 Å². The summed E-state index contributed by atoms with van der Waals surface area (Å²) in [6, 6.07) is 3.82. The third-order valence-electron chi connectivity index (χ3n) is 4.48. The average molecular weight is 411 g/mol. The maximum absolute atomic E-state index is 13.7. The van der Waals surface area contributed by atoms with Crippen molar-refractivity contribution in [2.75, 3.05) is 0 Å². The molecule has 0 fully saturated rings. The normalized spacial score (nSPS) is 12.4. The Morgan fingerprint density at radius 2 is 2.04 bits per heavy atom. The van der Waals surface area contributed by atoms with Crippen LogP contribution in [0.5, 0.6) is 0 Å². The molecule has 1 N–H and O–H groups in total. The zero-order chi connectivity index (χ0) is 19.9. The van der Waals surface area contributed by atoms with E-state index in [0.29, 0.717) is 5.69 Å². The van der Waals surface area contributed by atoms with Gasteiger partial charge in [0.05, 0.1) is 27.0 Å². The molecule has 0 aliphatic carbocycles. The van der Waals surface area contributed by atoms with Crippen molar-refractivity contribution >= 4 is 29.1 Å². The zero-order valence-electron chi connectivity index (χ0n) is 14.9. The molecule has 0 bridgehead atoms. The maximum Gasteiger partial charge on any atom is 0.372 e. The summed E-state index contributed by atoms with van der Waals surface area (Å²) in [6.07, 6.45) is 2.53. The molecule has 9 heteroatoms. The Hall–Kier alpha value is -2.38. The molecule has 0 saturated heterocycles. The first kappa shape index (κ1) is 19.4. The Morgan fingerprint density at radius 3 is 2.67 bits per heavy atom. The Bertz CT molecular complexity index is 1080. The first-order chi connectivity index (χ1) is 12.8. The van der Waals surface area contributed by atoms with Crippen LogP contribution in [-0.2, 0) is 0 Å². The van der Waals surface area contributed by atoms with Crippen molar-refractivity contribution in [3.05, 3.63) is 67.6 Å². The van der Waals surface area contributed by atoms with Gasteiger partial charge >= 0.3 is 5.69 Å². The van der Waals surface area contributed by atoms with Crippen LogP contribution in [0.1, 0.15) is 47.8 Å². The van der Waals surface area contributed by atoms with Gasteiger partial charge in [-0.15, -0.1) is 4.68 Å². The van der Waals surface area contributed by atoms with Crippen molar-refractivity contribution in [1.82, 2.24) is 19.6 Å². The van der Waals surface area contributed by atoms with E-state index in [4.69, 9.17) is 23.2 Å². The second-order valence-electron chi connectivity index (χ2n) is 6.28. The quantitative estimate of drug-likeness (QED) is 0.650. The van der Waals surface area contributed by atoms with Crippen LogP contribution in [0.4, 0.5) is 4.39 Å². The molecule has 0 aliphatic rings. The van der Waals surface area contributed by atoms with Crippen LogP contribution in [0.15, 0.2) is 29.2 Å². The molecule has 1 unspecified atom stereocenters. The number of halogens is 3. The molecule has 0 aliphatic heterocycles. The minimum Gasteiger partial charge on any atom is -0.267 e. The van der Waals surface area contributed by atoms with Crippen LogP contribution >= 0.6 is 23.2 Å². The predicted molar refractivity (Wildman–Crippen MR) is 102 cm³/mol. The molecular weight excluding hydrogens is 394 g/mol. The Morgan fingerprint density at radius 1 is 1.33 bits per heavy atom. The highest BCUT2D eigenvalue weighted by atomic mass is 35.5. The van der Waals surface area contributed by atoms with Crippen LogP contribution in [-0.4, -0.2) is 25.5 Å². The number of hydrogen-bond acceptors (Lipinski definition) is 3. The number of rotatable bonds is 4. The van der Waals surface area contributed by atoms with Gasteiger partial charge < -0.3 is 0 Å². The van der Waals surface area contributed by atoms with Gasteiger partial charge in [0.1, 0.15) is 5.82 Å². The molecule has 3 aromatic rings. The van der Waals surface area contributed by atoms with Gasteiger partial charge in [-0.25, -0.2) is 14.4 Å². The van der Waals surface area contributed by atoms with Gasteiger partial charge in [0, 0.05) is 12.1 Å². The third kappa shape index (κ3) is 3.33. The number of carbonyl (C=O) groups excluding carboxylic acids is 1. The highest BCUT2D eigenvalue weighted by Gasteiger charge is 2.25. The SMILES string of the molecule is CCC(C)c1nccc(C)c1-n1[nH]n(C(=O)c2cc(F)c(Cl)cc2Cl)c1=O. The fourth-order valence-electron chi connectivity index (χ4n) is 2.74. The molecule has 142 valence electrons. The highest BCUT2D eigenvalue weighted by Crippen LogP contribution is 2.26. The second-order valence-corrected chi connectivity index (χ2v) is 7.09. The summed E-state index contributed by atoms with van der Waals surface area (Å²) in [7, 11) is 0. The fraction of sp³-hybridized carbons (Fsp3) is 0.278. The molecule has 3 rings (SSSR count). The number of aromatic nitrogens is 4. The van der Waals surface area contributed by atoms with Crippen LogP contribution in [0.25, 0.3) is 5.69 Å². The van der Waals surface area contributed by atoms with Crippen LogP contribution < -0.4 is 5.69 Å². The average Bonchev–Trinajstić information content (AvgIpc) is 2.63. The first-order valence-corrected chi connectivity index (χ1v) is 9.06. The number of nitrogens with zero attached hydrogens (tertiary/aromatic N) is 3. The topological polar surface area (TPSA) is 72.7 Å². The minimum atomic E-state index is -0.795. The van der Waals surface area contributed by atoms with E-state index >= 15 is 0 Å². The number of benzene rings is 1. The number of pyridine rings is 1. The van der Waals surface area contributed by atoms with Gasteiger partial charge in [-0.1, -0.05) is 37.0 Å². The summed E-state index contributed by atoms with van der Waals surface area (Å²) >= 11 is 11.6. The van der Waals surface area contributed by atoms with E-state index in [2.05, 4.69) is 10.2 Å². The van der Waals surface area contributed by atoms with Crippen LogP contribution in [0, 0.1) is 12.7 Å². The Balaban J connectivity index is 2.05. The molecule has 0 saturated carbocycles. The second kappa shape index (κ2) is 7.32. The van der Waals surface area contributed by atoms with Gasteiger partial charge in [-0.2, -0.15) is 4.68 Å². The largest absolute Gasteiger partial charge is 0.372 e. The number of aromatic amines is 1. The third-order valence-corrected chi connectivity index (χ3v) is 5.09. The molecule has 1 aromatic carbocycles. The zero-order valence-corrected chi connectivity index (χ0v) is 16.4. The van der Waals surface area contributed by atoms with E-state index in [0.717, 1.165) is 34.5 Å². The van der Waals surface area contributed by atoms with Crippen LogP contribution in [0.3, 0.4) is 0 Å². The summed E-state index contributed by atoms with van der Waals surface area (Å²) < 4.78 is 15.7. The van der Waals surface area contributed by atoms with Gasteiger partial charge in [-0.05, 0) is 37.1 Å². The first-order valence-electron chi connectivity index (χ1n) is 8.31. The van der Waals surface area contributed by atoms with Crippen molar-refractivity contribution in [1.29, 1.82) is 0 Å². The Labute approximate surface area is 164 Å². The molecule has 2 aromatic heterocycles. The van der Waals surface area contributed by atoms with Crippen molar-refractivity contribution < 1.29 is 9.18 Å². The van der Waals surface area contributed by atoms with Crippen LogP contribution in [0.2, 0.25) is 10.0 Å². The molecule has 1 atom stereocenters. The van der Waals surface area contributed by atoms with Crippen molar-refractivity contribution in [3.8, 4) is 5.69 Å². The maximum atomic E-state index is 13.7. The van der Waals surface area contributed by atoms with Gasteiger partial charge in [0.2, 0.25) is 0 Å². The molecule has 0 amide bonds. The van der Waals surface area contributed by atoms with E-state index < -0.39 is 17.4 Å². The number of aryl methyl sites for hydroxylation is 1. The van der Waals surface area contributed by atoms with Gasteiger partial charge in [0.25, 0.3) is 5.91 Å². The van der Waals surface area contributed by atoms with Gasteiger partial charge in [0.15, 0.2) is 0 Å². The molecular formula is C18H17Cl2FN4O2. The summed E-state index contributed by atoms with van der Waals surface area (Å²) in [5.41, 5.74) is 1.43. The van der Waals surface area contributed by atoms with E-state index in [1.807, 2.05) is 20.8 Å². The Kier molecular flexibility index (Phi) is 5.26. The number of nitrogens with one attached hydrogen (secondary N) is 1. The molecule has 27 heavy (non-hydrogen) atoms. The lowest BCUT2D eigenvalue weighted by molar-refractivity contribution is 0.0910. The molecule has 6 nitrogen and oxygen atoms in total. The summed E-state index contributed by atoms with van der Waals surface area (Å²) in [5.74, 6) is -1.45. The van der Waals surface area contributed by atoms with Gasteiger partial charge in [-0.3, -0.25) is 9.78 Å². The van der Waals surface area contributed by atoms with E-state index in [1.54, 1.807) is 12.3 Å². The highest BCUT2D eigenvalue weighted by molar-refractivity contribution is 6.36.